The molecule has 0 unspecified atom stereocenters. The minimum atomic E-state index is 0.120. The lowest BCUT2D eigenvalue weighted by molar-refractivity contribution is 0.0496. The molecule has 1 aromatic carbocycles. The lowest BCUT2D eigenvalue weighted by Gasteiger charge is -2.41. The van der Waals surface area contributed by atoms with Gasteiger partial charge in [0.15, 0.2) is 0 Å². The van der Waals surface area contributed by atoms with Crippen molar-refractivity contribution in [2.75, 3.05) is 26.2 Å². The Kier molecular flexibility index (Phi) is 3.87. The molecule has 2 bridgehead atoms. The van der Waals surface area contributed by atoms with Crippen LogP contribution in [0.5, 0.6) is 0 Å². The van der Waals surface area contributed by atoms with Gasteiger partial charge in [-0.1, -0.05) is 24.1 Å². The van der Waals surface area contributed by atoms with Crippen molar-refractivity contribution in [3.05, 3.63) is 34.9 Å². The summed E-state index contributed by atoms with van der Waals surface area (Å²) in [5.74, 6) is 2.04. The zero-order valence-corrected chi connectivity index (χ0v) is 13.6. The second-order valence-corrected chi connectivity index (χ2v) is 7.52. The highest BCUT2D eigenvalue weighted by Crippen LogP contribution is 2.46. The lowest BCUT2D eigenvalue weighted by Crippen LogP contribution is -2.53. The Morgan fingerprint density at radius 2 is 1.91 bits per heavy atom. The maximum atomic E-state index is 12.6. The lowest BCUT2D eigenvalue weighted by atomic mass is 9.93. The molecule has 1 aliphatic heterocycles. The van der Waals surface area contributed by atoms with E-state index in [-0.39, 0.29) is 5.91 Å². The smallest absolute Gasteiger partial charge is 0.253 e. The highest BCUT2D eigenvalue weighted by atomic mass is 35.5. The number of hydrogen-bond acceptors (Lipinski definition) is 2. The average molecular weight is 319 g/mol. The summed E-state index contributed by atoms with van der Waals surface area (Å²) in [6, 6.07) is 8.08. The molecule has 1 heterocycles. The van der Waals surface area contributed by atoms with E-state index in [2.05, 4.69) is 4.90 Å². The van der Waals surface area contributed by atoms with Crippen LogP contribution < -0.4 is 0 Å². The van der Waals surface area contributed by atoms with Gasteiger partial charge in [0.25, 0.3) is 5.91 Å². The molecule has 4 rings (SSSR count). The maximum Gasteiger partial charge on any atom is 0.253 e. The molecule has 1 saturated heterocycles. The van der Waals surface area contributed by atoms with Gasteiger partial charge in [-0.25, -0.2) is 0 Å². The summed E-state index contributed by atoms with van der Waals surface area (Å²) in [7, 11) is 0. The molecule has 3 aliphatic rings. The molecule has 3 fully saturated rings. The number of halogens is 1. The molecule has 3 atom stereocenters. The van der Waals surface area contributed by atoms with Gasteiger partial charge in [0.05, 0.1) is 0 Å². The van der Waals surface area contributed by atoms with E-state index in [1.165, 1.54) is 25.7 Å². The summed E-state index contributed by atoms with van der Waals surface area (Å²) in [5.41, 5.74) is 0.709. The van der Waals surface area contributed by atoms with E-state index in [0.29, 0.717) is 10.6 Å². The Hall–Kier alpha value is -1.06. The highest BCUT2D eigenvalue weighted by Gasteiger charge is 2.42. The van der Waals surface area contributed by atoms with Crippen molar-refractivity contribution in [3.63, 3.8) is 0 Å². The van der Waals surface area contributed by atoms with Crippen LogP contribution in [0.25, 0.3) is 0 Å². The maximum absolute atomic E-state index is 12.6. The SMILES string of the molecule is O=C(c1cccc(Cl)c1)N1CCN([C@H]2C[C@H]3CC[C@@H]2C3)CC1. The first-order valence-corrected chi connectivity index (χ1v) is 8.87. The number of fused-ring (bicyclic) bond motifs is 2. The largest absolute Gasteiger partial charge is 0.336 e. The Labute approximate surface area is 137 Å². The van der Waals surface area contributed by atoms with E-state index < -0.39 is 0 Å². The quantitative estimate of drug-likeness (QED) is 0.835. The van der Waals surface area contributed by atoms with Gasteiger partial charge in [-0.15, -0.1) is 0 Å². The molecule has 2 aliphatic carbocycles. The molecule has 0 spiro atoms. The fraction of sp³-hybridized carbons (Fsp3) is 0.611. The van der Waals surface area contributed by atoms with E-state index in [4.69, 9.17) is 11.6 Å². The minimum Gasteiger partial charge on any atom is -0.336 e. The normalized spacial score (nSPS) is 31.7. The fourth-order valence-electron chi connectivity index (χ4n) is 4.72. The third-order valence-electron chi connectivity index (χ3n) is 5.84. The minimum absolute atomic E-state index is 0.120. The molecule has 0 N–H and O–H groups in total. The summed E-state index contributed by atoms with van der Waals surface area (Å²) in [5, 5.41) is 0.631. The molecule has 3 nitrogen and oxygen atoms in total. The Morgan fingerprint density at radius 1 is 1.09 bits per heavy atom. The van der Waals surface area contributed by atoms with Gasteiger partial charge in [-0.3, -0.25) is 9.69 Å². The molecule has 0 aromatic heterocycles. The number of benzene rings is 1. The second kappa shape index (κ2) is 5.86. The number of rotatable bonds is 2. The molecule has 4 heteroatoms. The van der Waals surface area contributed by atoms with Crippen LogP contribution in [0, 0.1) is 11.8 Å². The van der Waals surface area contributed by atoms with E-state index in [0.717, 1.165) is 44.1 Å². The molecule has 1 amide bonds. The molecule has 2 saturated carbocycles. The van der Waals surface area contributed by atoms with Crippen LogP contribution in [-0.2, 0) is 0 Å². The predicted octanol–water partition coefficient (Wildman–Crippen LogP) is 3.29. The molecule has 22 heavy (non-hydrogen) atoms. The van der Waals surface area contributed by atoms with Crippen LogP contribution in [0.3, 0.4) is 0 Å². The van der Waals surface area contributed by atoms with Gasteiger partial charge >= 0.3 is 0 Å². The van der Waals surface area contributed by atoms with Crippen LogP contribution >= 0.6 is 11.6 Å². The number of piperazine rings is 1. The number of carbonyl (C=O) groups excluding carboxylic acids is 1. The van der Waals surface area contributed by atoms with Gasteiger partial charge in [0.1, 0.15) is 0 Å². The first kappa shape index (κ1) is 14.5. The van der Waals surface area contributed by atoms with Crippen molar-refractivity contribution in [2.24, 2.45) is 11.8 Å². The summed E-state index contributed by atoms with van der Waals surface area (Å²) in [4.78, 5) is 17.2. The van der Waals surface area contributed by atoms with Crippen molar-refractivity contribution in [1.29, 1.82) is 0 Å². The zero-order valence-electron chi connectivity index (χ0n) is 12.9. The standard InChI is InChI=1S/C18H23ClN2O/c19-16-3-1-2-15(12-16)18(22)21-8-6-20(7-9-21)17-11-13-4-5-14(17)10-13/h1-3,12-14,17H,4-11H2/t13-,14+,17-/m0/s1. The highest BCUT2D eigenvalue weighted by molar-refractivity contribution is 6.30. The van der Waals surface area contributed by atoms with Crippen molar-refractivity contribution in [2.45, 2.75) is 31.7 Å². The van der Waals surface area contributed by atoms with Crippen LogP contribution in [0.4, 0.5) is 0 Å². The Bertz CT molecular complexity index is 568. The zero-order chi connectivity index (χ0) is 15.1. The number of nitrogens with zero attached hydrogens (tertiary/aromatic N) is 2. The number of amides is 1. The molecule has 0 radical (unpaired) electrons. The topological polar surface area (TPSA) is 23.6 Å². The average Bonchev–Trinajstić information content (AvgIpc) is 3.17. The second-order valence-electron chi connectivity index (χ2n) is 7.08. The predicted molar refractivity (Wildman–Crippen MR) is 88.2 cm³/mol. The first-order valence-electron chi connectivity index (χ1n) is 8.49. The van der Waals surface area contributed by atoms with E-state index in [1.807, 2.05) is 23.1 Å². The Morgan fingerprint density at radius 3 is 2.55 bits per heavy atom. The summed E-state index contributed by atoms with van der Waals surface area (Å²) < 4.78 is 0. The van der Waals surface area contributed by atoms with Crippen LogP contribution in [0.15, 0.2) is 24.3 Å². The van der Waals surface area contributed by atoms with Gasteiger partial charge in [0, 0.05) is 42.8 Å². The van der Waals surface area contributed by atoms with Gasteiger partial charge < -0.3 is 4.90 Å². The van der Waals surface area contributed by atoms with Gasteiger partial charge in [0.2, 0.25) is 0 Å². The summed E-state index contributed by atoms with van der Waals surface area (Å²) in [6.07, 6.45) is 5.73. The van der Waals surface area contributed by atoms with Crippen molar-refractivity contribution in [1.82, 2.24) is 9.80 Å². The molecular formula is C18H23ClN2O. The van der Waals surface area contributed by atoms with Crippen molar-refractivity contribution < 1.29 is 4.79 Å². The summed E-state index contributed by atoms with van der Waals surface area (Å²) in [6.45, 7) is 3.75. The van der Waals surface area contributed by atoms with E-state index in [1.54, 1.807) is 6.07 Å². The van der Waals surface area contributed by atoms with Gasteiger partial charge in [-0.2, -0.15) is 0 Å². The van der Waals surface area contributed by atoms with E-state index in [9.17, 15) is 4.79 Å². The van der Waals surface area contributed by atoms with Crippen molar-refractivity contribution >= 4 is 17.5 Å². The Balaban J connectivity index is 1.36. The van der Waals surface area contributed by atoms with Gasteiger partial charge in [-0.05, 0) is 49.3 Å². The van der Waals surface area contributed by atoms with Crippen LogP contribution in [0.1, 0.15) is 36.0 Å². The monoisotopic (exact) mass is 318 g/mol. The van der Waals surface area contributed by atoms with Crippen LogP contribution in [0.2, 0.25) is 5.02 Å². The third kappa shape index (κ3) is 2.65. The molecular weight excluding hydrogens is 296 g/mol. The molecule has 118 valence electrons. The summed E-state index contributed by atoms with van der Waals surface area (Å²) >= 11 is 5.99. The fourth-order valence-corrected chi connectivity index (χ4v) is 4.91. The van der Waals surface area contributed by atoms with Crippen molar-refractivity contribution in [3.8, 4) is 0 Å². The molecule has 1 aromatic rings. The third-order valence-corrected chi connectivity index (χ3v) is 6.08. The van der Waals surface area contributed by atoms with Crippen LogP contribution in [-0.4, -0.2) is 47.9 Å². The number of carbonyl (C=O) groups is 1. The van der Waals surface area contributed by atoms with E-state index >= 15 is 0 Å². The number of hydrogen-bond donors (Lipinski definition) is 0. The first-order chi connectivity index (χ1) is 10.7.